The second-order valence-corrected chi connectivity index (χ2v) is 5.19. The van der Waals surface area contributed by atoms with Gasteiger partial charge in [-0.3, -0.25) is 0 Å². The molecule has 0 bridgehead atoms. The minimum absolute atomic E-state index is 0.315. The Hall–Kier alpha value is -1.69. The van der Waals surface area contributed by atoms with E-state index in [2.05, 4.69) is 27.8 Å². The average molecular weight is 277 g/mol. The molecule has 0 saturated heterocycles. The number of thioether (sulfide) groups is 1. The van der Waals surface area contributed by atoms with Crippen LogP contribution in [0.15, 0.2) is 23.4 Å². The van der Waals surface area contributed by atoms with E-state index < -0.39 is 0 Å². The van der Waals surface area contributed by atoms with Gasteiger partial charge in [0.2, 0.25) is 6.79 Å². The van der Waals surface area contributed by atoms with Crippen molar-refractivity contribution in [1.29, 1.82) is 0 Å². The van der Waals surface area contributed by atoms with Gasteiger partial charge in [-0.2, -0.15) is 0 Å². The van der Waals surface area contributed by atoms with E-state index in [1.165, 1.54) is 5.56 Å². The number of fused-ring (bicyclic) bond motifs is 1. The van der Waals surface area contributed by atoms with Gasteiger partial charge in [-0.1, -0.05) is 17.8 Å². The van der Waals surface area contributed by atoms with Crippen LogP contribution < -0.4 is 9.47 Å². The van der Waals surface area contributed by atoms with Crippen LogP contribution in [0.3, 0.4) is 0 Å². The van der Waals surface area contributed by atoms with Crippen LogP contribution in [0.5, 0.6) is 11.5 Å². The van der Waals surface area contributed by atoms with Gasteiger partial charge in [-0.05, 0) is 31.5 Å². The summed E-state index contributed by atoms with van der Waals surface area (Å²) in [6.45, 7) is 5.28. The molecule has 1 aromatic heterocycles. The molecule has 2 heterocycles. The topological polar surface area (TPSA) is 49.2 Å². The molecule has 0 amide bonds. The first-order valence-electron chi connectivity index (χ1n) is 6.19. The lowest BCUT2D eigenvalue weighted by Gasteiger charge is -2.05. The molecule has 1 aromatic carbocycles. The van der Waals surface area contributed by atoms with Crippen molar-refractivity contribution in [2.45, 2.75) is 31.3 Å². The van der Waals surface area contributed by atoms with Crippen molar-refractivity contribution >= 4 is 11.8 Å². The van der Waals surface area contributed by atoms with Crippen molar-refractivity contribution in [1.82, 2.24) is 14.8 Å². The average Bonchev–Trinajstić information content (AvgIpc) is 3.01. The van der Waals surface area contributed by atoms with E-state index in [1.807, 2.05) is 19.1 Å². The normalized spacial score (nSPS) is 12.9. The van der Waals surface area contributed by atoms with Gasteiger partial charge in [0.1, 0.15) is 5.82 Å². The van der Waals surface area contributed by atoms with Gasteiger partial charge in [0.05, 0.1) is 0 Å². The molecule has 0 unspecified atom stereocenters. The zero-order chi connectivity index (χ0) is 13.2. The monoisotopic (exact) mass is 277 g/mol. The molecule has 100 valence electrons. The summed E-state index contributed by atoms with van der Waals surface area (Å²) in [5, 5.41) is 9.26. The molecule has 1 aliphatic rings. The van der Waals surface area contributed by atoms with Crippen molar-refractivity contribution in [3.8, 4) is 11.5 Å². The molecule has 0 saturated carbocycles. The van der Waals surface area contributed by atoms with E-state index in [4.69, 9.17) is 9.47 Å². The Labute approximate surface area is 115 Å². The van der Waals surface area contributed by atoms with Crippen LogP contribution in [-0.2, 0) is 12.3 Å². The minimum Gasteiger partial charge on any atom is -0.454 e. The van der Waals surface area contributed by atoms with E-state index in [0.717, 1.165) is 34.8 Å². The Bertz CT molecular complexity index is 598. The van der Waals surface area contributed by atoms with Crippen LogP contribution in [0, 0.1) is 6.92 Å². The Morgan fingerprint density at radius 3 is 2.95 bits per heavy atom. The molecule has 0 spiro atoms. The second kappa shape index (κ2) is 5.13. The van der Waals surface area contributed by atoms with Crippen molar-refractivity contribution in [3.05, 3.63) is 29.6 Å². The van der Waals surface area contributed by atoms with E-state index in [1.54, 1.807) is 11.8 Å². The molecular weight excluding hydrogens is 262 g/mol. The van der Waals surface area contributed by atoms with Crippen LogP contribution in [0.4, 0.5) is 0 Å². The second-order valence-electron chi connectivity index (χ2n) is 4.25. The van der Waals surface area contributed by atoms with Gasteiger partial charge in [0, 0.05) is 12.3 Å². The van der Waals surface area contributed by atoms with Crippen LogP contribution in [0.2, 0.25) is 0 Å². The van der Waals surface area contributed by atoms with Crippen molar-refractivity contribution in [3.63, 3.8) is 0 Å². The third kappa shape index (κ3) is 2.40. The van der Waals surface area contributed by atoms with Gasteiger partial charge in [-0.15, -0.1) is 10.2 Å². The molecule has 3 rings (SSSR count). The summed E-state index contributed by atoms with van der Waals surface area (Å²) < 4.78 is 12.8. The fourth-order valence-electron chi connectivity index (χ4n) is 2.01. The Kier molecular flexibility index (Phi) is 3.33. The van der Waals surface area contributed by atoms with Gasteiger partial charge in [-0.25, -0.2) is 0 Å². The molecule has 19 heavy (non-hydrogen) atoms. The number of rotatable bonds is 4. The van der Waals surface area contributed by atoms with Crippen molar-refractivity contribution < 1.29 is 9.47 Å². The van der Waals surface area contributed by atoms with Gasteiger partial charge in [0.15, 0.2) is 16.7 Å². The maximum atomic E-state index is 5.38. The Morgan fingerprint density at radius 1 is 1.26 bits per heavy atom. The molecule has 6 heteroatoms. The number of nitrogens with zero attached hydrogens (tertiary/aromatic N) is 3. The summed E-state index contributed by atoms with van der Waals surface area (Å²) in [6.07, 6.45) is 0. The van der Waals surface area contributed by atoms with Gasteiger partial charge in [0.25, 0.3) is 0 Å². The number of ether oxygens (including phenoxy) is 2. The maximum Gasteiger partial charge on any atom is 0.231 e. The zero-order valence-electron chi connectivity index (χ0n) is 10.9. The van der Waals surface area contributed by atoms with E-state index in [9.17, 15) is 0 Å². The van der Waals surface area contributed by atoms with Crippen LogP contribution in [0.1, 0.15) is 18.3 Å². The predicted molar refractivity (Wildman–Crippen MR) is 72.6 cm³/mol. The maximum absolute atomic E-state index is 5.38. The van der Waals surface area contributed by atoms with Crippen LogP contribution >= 0.6 is 11.8 Å². The van der Waals surface area contributed by atoms with Gasteiger partial charge >= 0.3 is 0 Å². The highest BCUT2D eigenvalue weighted by Gasteiger charge is 2.14. The van der Waals surface area contributed by atoms with E-state index in [0.29, 0.717) is 6.79 Å². The molecule has 0 fully saturated rings. The standard InChI is InChI=1S/C13H15N3O2S/c1-3-16-9(2)14-15-13(16)19-7-10-4-5-11-12(6-10)18-8-17-11/h4-6H,3,7-8H2,1-2H3. The lowest BCUT2D eigenvalue weighted by atomic mass is 10.2. The molecule has 0 atom stereocenters. The Balaban J connectivity index is 1.72. The molecule has 2 aromatic rings. The number of benzene rings is 1. The molecule has 0 N–H and O–H groups in total. The summed E-state index contributed by atoms with van der Waals surface area (Å²) in [6, 6.07) is 6.03. The van der Waals surface area contributed by atoms with E-state index in [-0.39, 0.29) is 0 Å². The zero-order valence-corrected chi connectivity index (χ0v) is 11.7. The highest BCUT2D eigenvalue weighted by atomic mass is 32.2. The van der Waals surface area contributed by atoms with E-state index >= 15 is 0 Å². The molecule has 5 nitrogen and oxygen atoms in total. The quantitative estimate of drug-likeness (QED) is 0.804. The summed E-state index contributed by atoms with van der Waals surface area (Å²) >= 11 is 1.68. The fraction of sp³-hybridized carbons (Fsp3) is 0.385. The van der Waals surface area contributed by atoms with Crippen LogP contribution in [0.25, 0.3) is 0 Å². The van der Waals surface area contributed by atoms with Gasteiger partial charge < -0.3 is 14.0 Å². The van der Waals surface area contributed by atoms with Crippen molar-refractivity contribution in [2.75, 3.05) is 6.79 Å². The fourth-order valence-corrected chi connectivity index (χ4v) is 3.00. The minimum atomic E-state index is 0.315. The summed E-state index contributed by atoms with van der Waals surface area (Å²) in [4.78, 5) is 0. The lowest BCUT2D eigenvalue weighted by Crippen LogP contribution is -1.99. The van der Waals surface area contributed by atoms with Crippen molar-refractivity contribution in [2.24, 2.45) is 0 Å². The number of aryl methyl sites for hydroxylation is 1. The SMILES string of the molecule is CCn1c(C)nnc1SCc1ccc2c(c1)OCO2. The molecule has 1 aliphatic heterocycles. The summed E-state index contributed by atoms with van der Waals surface area (Å²) in [5.74, 6) is 3.44. The summed E-state index contributed by atoms with van der Waals surface area (Å²) in [5.41, 5.74) is 1.19. The smallest absolute Gasteiger partial charge is 0.231 e. The molecule has 0 aliphatic carbocycles. The highest BCUT2D eigenvalue weighted by Crippen LogP contribution is 2.34. The molecule has 0 radical (unpaired) electrons. The predicted octanol–water partition coefficient (Wildman–Crippen LogP) is 2.63. The first kappa shape index (κ1) is 12.3. The highest BCUT2D eigenvalue weighted by molar-refractivity contribution is 7.98. The summed E-state index contributed by atoms with van der Waals surface area (Å²) in [7, 11) is 0. The number of hydrogen-bond acceptors (Lipinski definition) is 5. The molecular formula is C13H15N3O2S. The largest absolute Gasteiger partial charge is 0.454 e. The number of aromatic nitrogens is 3. The Morgan fingerprint density at radius 2 is 2.11 bits per heavy atom. The first-order valence-corrected chi connectivity index (χ1v) is 7.17. The first-order chi connectivity index (χ1) is 9.28. The third-order valence-electron chi connectivity index (χ3n) is 3.02. The lowest BCUT2D eigenvalue weighted by molar-refractivity contribution is 0.174. The van der Waals surface area contributed by atoms with Crippen LogP contribution in [-0.4, -0.2) is 21.6 Å². The number of hydrogen-bond donors (Lipinski definition) is 0. The third-order valence-corrected chi connectivity index (χ3v) is 4.06.